The van der Waals surface area contributed by atoms with Crippen LogP contribution in [0.4, 0.5) is 5.69 Å². The van der Waals surface area contributed by atoms with Crippen LogP contribution in [-0.4, -0.2) is 18.0 Å². The summed E-state index contributed by atoms with van der Waals surface area (Å²) < 4.78 is 7.91. The van der Waals surface area contributed by atoms with Crippen LogP contribution in [-0.2, 0) is 0 Å². The normalized spacial score (nSPS) is 10.4. The number of hydrogen-bond acceptors (Lipinski definition) is 4. The van der Waals surface area contributed by atoms with E-state index in [0.29, 0.717) is 0 Å². The van der Waals surface area contributed by atoms with Gasteiger partial charge in [0.15, 0.2) is 5.76 Å². The monoisotopic (exact) mass is 279 g/mol. The van der Waals surface area contributed by atoms with Gasteiger partial charge >= 0.3 is 4.87 Å². The number of hydrogen-bond donors (Lipinski definition) is 0. The summed E-state index contributed by atoms with van der Waals surface area (Å²) in [5, 5.41) is 12.5. The van der Waals surface area contributed by atoms with Crippen molar-refractivity contribution in [2.45, 2.75) is 13.8 Å². The minimum absolute atomic E-state index is 0.0861. The van der Waals surface area contributed by atoms with Crippen LogP contribution in [0.2, 0.25) is 0 Å². The maximum Gasteiger partial charge on any atom is 0.430 e. The van der Waals surface area contributed by atoms with Crippen molar-refractivity contribution in [3.8, 4) is 11.3 Å². The highest BCUT2D eigenvalue weighted by Gasteiger charge is 2.10. The van der Waals surface area contributed by atoms with Crippen LogP contribution in [0.3, 0.4) is 0 Å². The van der Waals surface area contributed by atoms with Gasteiger partial charge in [0.2, 0.25) is 0 Å². The van der Waals surface area contributed by atoms with E-state index < -0.39 is 4.92 Å². The first-order valence-electron chi connectivity index (χ1n) is 6.07. The lowest BCUT2D eigenvalue weighted by Gasteiger charge is -1.95. The lowest BCUT2D eigenvalue weighted by Crippen LogP contribution is -2.26. The lowest BCUT2D eigenvalue weighted by molar-refractivity contribution is -0.384. The summed E-state index contributed by atoms with van der Waals surface area (Å²) in [6, 6.07) is 6.38. The maximum absolute atomic E-state index is 10.6. The molecule has 0 aliphatic carbocycles. The second-order valence-corrected chi connectivity index (χ2v) is 4.76. The molecule has 1 aromatic heterocycles. The average Bonchev–Trinajstić information content (AvgIpc) is 2.90. The lowest BCUT2D eigenvalue weighted by atomic mass is 10.2. The summed E-state index contributed by atoms with van der Waals surface area (Å²) >= 11 is 1.54. The van der Waals surface area contributed by atoms with E-state index in [2.05, 4.69) is 18.4 Å². The smallest absolute Gasteiger partial charge is 0.396 e. The minimum atomic E-state index is -0.407. The standard InChI is InChI=1S/C13H15N2O3S/c1-3-14(4-2)13-18-12(9-19-13)10-5-7-11(8-6-10)15(16)17/h5-9H,3-4H2,1-2H3/q+1. The van der Waals surface area contributed by atoms with Crippen molar-refractivity contribution < 1.29 is 9.34 Å². The van der Waals surface area contributed by atoms with E-state index in [9.17, 15) is 10.1 Å². The number of rotatable bonds is 4. The molecule has 0 radical (unpaired) electrons. The van der Waals surface area contributed by atoms with Crippen molar-refractivity contribution in [2.24, 2.45) is 0 Å². The van der Waals surface area contributed by atoms with Crippen LogP contribution in [0, 0.1) is 10.1 Å². The Morgan fingerprint density at radius 3 is 2.37 bits per heavy atom. The Kier molecular flexibility index (Phi) is 4.11. The van der Waals surface area contributed by atoms with Gasteiger partial charge in [0.1, 0.15) is 13.1 Å². The molecule has 6 heteroatoms. The second-order valence-electron chi connectivity index (χ2n) is 3.94. The van der Waals surface area contributed by atoms with E-state index in [4.69, 9.17) is 4.42 Å². The van der Waals surface area contributed by atoms with Crippen molar-refractivity contribution in [1.82, 2.24) is 4.58 Å². The molecule has 0 spiro atoms. The van der Waals surface area contributed by atoms with E-state index in [1.54, 1.807) is 12.1 Å². The third-order valence-electron chi connectivity index (χ3n) is 2.85. The predicted octanol–water partition coefficient (Wildman–Crippen LogP) is 2.73. The highest BCUT2D eigenvalue weighted by Crippen LogP contribution is 2.22. The van der Waals surface area contributed by atoms with E-state index in [0.717, 1.165) is 29.3 Å². The van der Waals surface area contributed by atoms with Gasteiger partial charge in [-0.2, -0.15) is 4.58 Å². The molecule has 5 nitrogen and oxygen atoms in total. The van der Waals surface area contributed by atoms with E-state index in [1.807, 2.05) is 5.38 Å². The van der Waals surface area contributed by atoms with Gasteiger partial charge in [-0.3, -0.25) is 10.1 Å². The predicted molar refractivity (Wildman–Crippen MR) is 75.0 cm³/mol. The number of benzene rings is 1. The summed E-state index contributed by atoms with van der Waals surface area (Å²) in [5.41, 5.74) is 0.934. The number of nitro benzene ring substituents is 1. The van der Waals surface area contributed by atoms with Gasteiger partial charge in [-0.05, 0) is 37.3 Å². The number of nitrogens with zero attached hydrogens (tertiary/aromatic N) is 2. The third kappa shape index (κ3) is 2.90. The first-order valence-corrected chi connectivity index (χ1v) is 6.95. The molecule has 0 amide bonds. The molecular formula is C13H15N2O3S+. The highest BCUT2D eigenvalue weighted by molar-refractivity contribution is 7.07. The zero-order valence-electron chi connectivity index (χ0n) is 10.8. The summed E-state index contributed by atoms with van der Waals surface area (Å²) in [4.78, 5) is 11.1. The van der Waals surface area contributed by atoms with Gasteiger partial charge < -0.3 is 4.42 Å². The Morgan fingerprint density at radius 2 is 1.84 bits per heavy atom. The molecule has 0 aliphatic heterocycles. The molecule has 0 bridgehead atoms. The van der Waals surface area contributed by atoms with Crippen LogP contribution < -0.4 is 9.44 Å². The van der Waals surface area contributed by atoms with E-state index in [1.165, 1.54) is 23.5 Å². The fourth-order valence-corrected chi connectivity index (χ4v) is 2.68. The van der Waals surface area contributed by atoms with Crippen LogP contribution >= 0.6 is 11.3 Å². The van der Waals surface area contributed by atoms with Crippen molar-refractivity contribution in [1.29, 1.82) is 0 Å². The molecule has 2 rings (SSSR count). The fraction of sp³-hybridized carbons (Fsp3) is 0.308. The Bertz CT molecular complexity index is 634. The summed E-state index contributed by atoms with van der Waals surface area (Å²) in [6.07, 6.45) is 0. The molecule has 1 aromatic carbocycles. The van der Waals surface area contributed by atoms with Crippen molar-refractivity contribution in [2.75, 3.05) is 13.1 Å². The van der Waals surface area contributed by atoms with Gasteiger partial charge in [-0.25, -0.2) is 0 Å². The van der Waals surface area contributed by atoms with Gasteiger partial charge in [-0.1, -0.05) is 0 Å². The van der Waals surface area contributed by atoms with Gasteiger partial charge in [0.25, 0.3) is 5.69 Å². The molecule has 100 valence electrons. The molecule has 19 heavy (non-hydrogen) atoms. The molecule has 2 aromatic rings. The third-order valence-corrected chi connectivity index (χ3v) is 3.72. The Morgan fingerprint density at radius 1 is 1.21 bits per heavy atom. The van der Waals surface area contributed by atoms with Crippen LogP contribution in [0.25, 0.3) is 11.3 Å². The van der Waals surface area contributed by atoms with Crippen LogP contribution in [0.5, 0.6) is 0 Å². The number of nitro groups is 1. The fourth-order valence-electron chi connectivity index (χ4n) is 1.74. The Labute approximate surface area is 114 Å². The van der Waals surface area contributed by atoms with E-state index in [-0.39, 0.29) is 5.69 Å². The molecule has 0 saturated heterocycles. The molecule has 1 heterocycles. The zero-order valence-corrected chi connectivity index (χ0v) is 11.6. The van der Waals surface area contributed by atoms with Crippen molar-refractivity contribution >= 4 is 17.0 Å². The molecule has 0 saturated carbocycles. The largest absolute Gasteiger partial charge is 0.430 e. The quantitative estimate of drug-likeness (QED) is 0.491. The minimum Gasteiger partial charge on any atom is -0.396 e. The van der Waals surface area contributed by atoms with Gasteiger partial charge in [0.05, 0.1) is 4.92 Å². The first-order chi connectivity index (χ1) is 9.15. The van der Waals surface area contributed by atoms with Crippen LogP contribution in [0.15, 0.2) is 34.1 Å². The summed E-state index contributed by atoms with van der Waals surface area (Å²) in [6.45, 7) is 5.93. The highest BCUT2D eigenvalue weighted by atomic mass is 32.1. The molecule has 0 fully saturated rings. The summed E-state index contributed by atoms with van der Waals surface area (Å²) in [5.74, 6) is 0.738. The van der Waals surface area contributed by atoms with E-state index >= 15 is 0 Å². The molecule has 0 atom stereocenters. The maximum atomic E-state index is 10.6. The zero-order chi connectivity index (χ0) is 13.8. The van der Waals surface area contributed by atoms with Crippen LogP contribution in [0.1, 0.15) is 13.8 Å². The SMILES string of the molecule is CC[N+](CC)=c1oc(-c2ccc([N+](=O)[O-])cc2)cs1. The van der Waals surface area contributed by atoms with Gasteiger partial charge in [-0.15, -0.1) is 0 Å². The summed E-state index contributed by atoms with van der Waals surface area (Å²) in [7, 11) is 0. The molecular weight excluding hydrogens is 264 g/mol. The first kappa shape index (κ1) is 13.5. The number of non-ortho nitro benzene ring substituents is 1. The van der Waals surface area contributed by atoms with Gasteiger partial charge in [0, 0.05) is 23.1 Å². The molecule has 0 aliphatic rings. The topological polar surface area (TPSA) is 59.3 Å². The average molecular weight is 279 g/mol. The Balaban J connectivity index is 2.38. The van der Waals surface area contributed by atoms with Crippen molar-refractivity contribution in [3.63, 3.8) is 0 Å². The van der Waals surface area contributed by atoms with Crippen molar-refractivity contribution in [3.05, 3.63) is 44.6 Å². The Hall–Kier alpha value is -1.95. The molecule has 0 unspecified atom stereocenters. The molecule has 0 N–H and O–H groups in total. The second kappa shape index (κ2) is 5.79.